The molecule has 1 aliphatic rings. The standard InChI is InChI=1S/C12H19N3O3/c1-12(7-18-8-12)6-13-4-9-5-14(2)11(17)15(3)10(9)16/h5,13H,4,6-8H2,1-3H3. The highest BCUT2D eigenvalue weighted by Gasteiger charge is 2.32. The summed E-state index contributed by atoms with van der Waals surface area (Å²) in [6.07, 6.45) is 1.59. The lowest BCUT2D eigenvalue weighted by Crippen LogP contribution is -2.47. The molecule has 2 rings (SSSR count). The van der Waals surface area contributed by atoms with Gasteiger partial charge in [-0.25, -0.2) is 4.79 Å². The average Bonchev–Trinajstić information content (AvgIpc) is 2.30. The summed E-state index contributed by atoms with van der Waals surface area (Å²) in [5, 5.41) is 3.25. The van der Waals surface area contributed by atoms with Crippen LogP contribution in [0.15, 0.2) is 15.8 Å². The van der Waals surface area contributed by atoms with Crippen molar-refractivity contribution in [3.8, 4) is 0 Å². The number of nitrogens with one attached hydrogen (secondary N) is 1. The quantitative estimate of drug-likeness (QED) is 0.764. The number of hydrogen-bond acceptors (Lipinski definition) is 4. The summed E-state index contributed by atoms with van der Waals surface area (Å²) >= 11 is 0. The van der Waals surface area contributed by atoms with Crippen molar-refractivity contribution >= 4 is 0 Å². The lowest BCUT2D eigenvalue weighted by molar-refractivity contribution is -0.0991. The van der Waals surface area contributed by atoms with Crippen LogP contribution in [0.2, 0.25) is 0 Å². The molecule has 1 aromatic heterocycles. The van der Waals surface area contributed by atoms with E-state index in [1.165, 1.54) is 11.6 Å². The van der Waals surface area contributed by atoms with Crippen LogP contribution in [0.5, 0.6) is 0 Å². The topological polar surface area (TPSA) is 65.3 Å². The summed E-state index contributed by atoms with van der Waals surface area (Å²) < 4.78 is 7.72. The third kappa shape index (κ3) is 2.39. The molecule has 1 aliphatic heterocycles. The summed E-state index contributed by atoms with van der Waals surface area (Å²) in [7, 11) is 3.14. The summed E-state index contributed by atoms with van der Waals surface area (Å²) in [6.45, 7) is 4.92. The van der Waals surface area contributed by atoms with Crippen molar-refractivity contribution in [3.05, 3.63) is 32.6 Å². The van der Waals surface area contributed by atoms with E-state index < -0.39 is 0 Å². The molecule has 18 heavy (non-hydrogen) atoms. The maximum absolute atomic E-state index is 11.9. The molecule has 100 valence electrons. The Morgan fingerprint density at radius 3 is 2.61 bits per heavy atom. The van der Waals surface area contributed by atoms with Gasteiger partial charge in [0, 0.05) is 44.4 Å². The van der Waals surface area contributed by atoms with Gasteiger partial charge in [0.1, 0.15) is 0 Å². The van der Waals surface area contributed by atoms with Crippen molar-refractivity contribution in [1.29, 1.82) is 0 Å². The highest BCUT2D eigenvalue weighted by Crippen LogP contribution is 2.24. The van der Waals surface area contributed by atoms with E-state index in [4.69, 9.17) is 4.74 Å². The zero-order chi connectivity index (χ0) is 13.3. The monoisotopic (exact) mass is 253 g/mol. The third-order valence-electron chi connectivity index (χ3n) is 3.29. The Balaban J connectivity index is 2.06. The zero-order valence-electron chi connectivity index (χ0n) is 11.0. The average molecular weight is 253 g/mol. The maximum atomic E-state index is 11.9. The van der Waals surface area contributed by atoms with Gasteiger partial charge in [-0.05, 0) is 0 Å². The van der Waals surface area contributed by atoms with Crippen LogP contribution < -0.4 is 16.6 Å². The first-order valence-electron chi connectivity index (χ1n) is 5.97. The minimum Gasteiger partial charge on any atom is -0.380 e. The zero-order valence-corrected chi connectivity index (χ0v) is 11.0. The van der Waals surface area contributed by atoms with Crippen LogP contribution in [-0.2, 0) is 25.4 Å². The summed E-state index contributed by atoms with van der Waals surface area (Å²) in [5.74, 6) is 0. The number of ether oxygens (including phenoxy) is 1. The SMILES string of the molecule is Cn1cc(CNCC2(C)COC2)c(=O)n(C)c1=O. The van der Waals surface area contributed by atoms with Crippen LogP contribution in [0.4, 0.5) is 0 Å². The summed E-state index contributed by atoms with van der Waals surface area (Å²) in [6, 6.07) is 0. The van der Waals surface area contributed by atoms with E-state index in [9.17, 15) is 9.59 Å². The van der Waals surface area contributed by atoms with Crippen molar-refractivity contribution < 1.29 is 4.74 Å². The van der Waals surface area contributed by atoms with Crippen LogP contribution in [-0.4, -0.2) is 28.9 Å². The van der Waals surface area contributed by atoms with E-state index >= 15 is 0 Å². The second-order valence-electron chi connectivity index (χ2n) is 5.32. The number of aryl methyl sites for hydroxylation is 1. The largest absolute Gasteiger partial charge is 0.380 e. The number of nitrogens with zero attached hydrogens (tertiary/aromatic N) is 2. The van der Waals surface area contributed by atoms with Crippen LogP contribution >= 0.6 is 0 Å². The third-order valence-corrected chi connectivity index (χ3v) is 3.29. The lowest BCUT2D eigenvalue weighted by Gasteiger charge is -2.38. The molecule has 1 saturated heterocycles. The first-order valence-corrected chi connectivity index (χ1v) is 5.97. The van der Waals surface area contributed by atoms with Crippen LogP contribution in [0.1, 0.15) is 12.5 Å². The number of aromatic nitrogens is 2. The molecule has 0 unspecified atom stereocenters. The van der Waals surface area contributed by atoms with E-state index in [-0.39, 0.29) is 16.7 Å². The van der Waals surface area contributed by atoms with Gasteiger partial charge in [-0.3, -0.25) is 9.36 Å². The minimum atomic E-state index is -0.303. The molecule has 2 heterocycles. The molecule has 1 fully saturated rings. The number of hydrogen-bond donors (Lipinski definition) is 1. The fraction of sp³-hybridized carbons (Fsp3) is 0.667. The van der Waals surface area contributed by atoms with Crippen molar-refractivity contribution in [1.82, 2.24) is 14.5 Å². The molecule has 0 spiro atoms. The van der Waals surface area contributed by atoms with Gasteiger partial charge in [0.15, 0.2) is 0 Å². The van der Waals surface area contributed by atoms with Crippen LogP contribution in [0.25, 0.3) is 0 Å². The molecule has 0 aliphatic carbocycles. The Hall–Kier alpha value is -1.40. The Kier molecular flexibility index (Phi) is 3.41. The predicted octanol–water partition coefficient (Wildman–Crippen LogP) is -0.790. The Morgan fingerprint density at radius 1 is 1.39 bits per heavy atom. The molecule has 6 heteroatoms. The molecule has 6 nitrogen and oxygen atoms in total. The van der Waals surface area contributed by atoms with Crippen molar-refractivity contribution in [2.75, 3.05) is 19.8 Å². The van der Waals surface area contributed by atoms with Gasteiger partial charge in [-0.1, -0.05) is 6.92 Å². The Bertz CT molecular complexity index is 555. The number of rotatable bonds is 4. The van der Waals surface area contributed by atoms with Crippen LogP contribution in [0.3, 0.4) is 0 Å². The molecule has 0 radical (unpaired) electrons. The molecule has 0 aromatic carbocycles. The molecule has 1 aromatic rings. The fourth-order valence-corrected chi connectivity index (χ4v) is 2.06. The van der Waals surface area contributed by atoms with Gasteiger partial charge in [0.05, 0.1) is 13.2 Å². The summed E-state index contributed by atoms with van der Waals surface area (Å²) in [5.41, 5.74) is 0.235. The first kappa shape index (κ1) is 13.0. The highest BCUT2D eigenvalue weighted by molar-refractivity contribution is 5.05. The molecule has 1 N–H and O–H groups in total. The Morgan fingerprint density at radius 2 is 2.06 bits per heavy atom. The second kappa shape index (κ2) is 4.70. The Labute approximate surface area is 105 Å². The molecule has 0 saturated carbocycles. The fourth-order valence-electron chi connectivity index (χ4n) is 2.06. The van der Waals surface area contributed by atoms with Gasteiger partial charge in [0.25, 0.3) is 5.56 Å². The smallest absolute Gasteiger partial charge is 0.330 e. The van der Waals surface area contributed by atoms with E-state index in [1.807, 2.05) is 0 Å². The molecular formula is C12H19N3O3. The van der Waals surface area contributed by atoms with Gasteiger partial charge in [-0.15, -0.1) is 0 Å². The van der Waals surface area contributed by atoms with E-state index in [0.717, 1.165) is 24.3 Å². The molecule has 0 amide bonds. The minimum absolute atomic E-state index is 0.173. The van der Waals surface area contributed by atoms with Gasteiger partial charge < -0.3 is 14.6 Å². The van der Waals surface area contributed by atoms with Gasteiger partial charge >= 0.3 is 5.69 Å². The highest BCUT2D eigenvalue weighted by atomic mass is 16.5. The van der Waals surface area contributed by atoms with E-state index in [1.54, 1.807) is 13.2 Å². The van der Waals surface area contributed by atoms with Crippen molar-refractivity contribution in [3.63, 3.8) is 0 Å². The molecule has 0 bridgehead atoms. The van der Waals surface area contributed by atoms with Crippen molar-refractivity contribution in [2.45, 2.75) is 13.5 Å². The van der Waals surface area contributed by atoms with Gasteiger partial charge in [-0.2, -0.15) is 0 Å². The molecule has 0 atom stereocenters. The summed E-state index contributed by atoms with van der Waals surface area (Å²) in [4.78, 5) is 23.4. The molecular weight excluding hydrogens is 234 g/mol. The predicted molar refractivity (Wildman–Crippen MR) is 67.6 cm³/mol. The first-order chi connectivity index (χ1) is 8.43. The normalized spacial score (nSPS) is 17.5. The van der Waals surface area contributed by atoms with Crippen molar-refractivity contribution in [2.24, 2.45) is 19.5 Å². The van der Waals surface area contributed by atoms with Crippen LogP contribution in [0, 0.1) is 5.41 Å². The maximum Gasteiger partial charge on any atom is 0.330 e. The van der Waals surface area contributed by atoms with E-state index in [0.29, 0.717) is 12.1 Å². The van der Waals surface area contributed by atoms with Gasteiger partial charge in [0.2, 0.25) is 0 Å². The second-order valence-corrected chi connectivity index (χ2v) is 5.32. The van der Waals surface area contributed by atoms with E-state index in [2.05, 4.69) is 12.2 Å². The lowest BCUT2D eigenvalue weighted by atomic mass is 9.89.